The monoisotopic (exact) mass is 312 g/mol. The van der Waals surface area contributed by atoms with E-state index in [0.29, 0.717) is 15.6 Å². The first-order valence-electron chi connectivity index (χ1n) is 5.08. The first kappa shape index (κ1) is 12.5. The molecule has 0 spiro atoms. The molecular formula is C13H10BrFOS. The Morgan fingerprint density at radius 1 is 1.41 bits per heavy atom. The Morgan fingerprint density at radius 2 is 2.18 bits per heavy atom. The summed E-state index contributed by atoms with van der Waals surface area (Å²) >= 11 is 4.68. The molecule has 1 aromatic carbocycles. The van der Waals surface area contributed by atoms with Gasteiger partial charge in [0.15, 0.2) is 5.78 Å². The second-order valence-electron chi connectivity index (χ2n) is 3.80. The molecule has 0 aliphatic heterocycles. The highest BCUT2D eigenvalue weighted by Gasteiger charge is 2.13. The molecule has 0 saturated carbocycles. The largest absolute Gasteiger partial charge is 0.294 e. The van der Waals surface area contributed by atoms with Crippen LogP contribution in [0, 0.1) is 12.7 Å². The van der Waals surface area contributed by atoms with Crippen LogP contribution in [0.25, 0.3) is 0 Å². The fourth-order valence-corrected chi connectivity index (χ4v) is 2.77. The molecule has 0 unspecified atom stereocenters. The maximum absolute atomic E-state index is 13.6. The van der Waals surface area contributed by atoms with Crippen molar-refractivity contribution in [3.05, 3.63) is 55.9 Å². The van der Waals surface area contributed by atoms with Crippen LogP contribution < -0.4 is 0 Å². The van der Waals surface area contributed by atoms with Crippen molar-refractivity contribution in [2.24, 2.45) is 0 Å². The van der Waals surface area contributed by atoms with Crippen molar-refractivity contribution in [1.29, 1.82) is 0 Å². The van der Waals surface area contributed by atoms with Gasteiger partial charge in [0, 0.05) is 21.8 Å². The number of Topliss-reactive ketones (excluding diaryl/α,β-unsaturated/α-hetero) is 1. The number of carbonyl (C=O) groups is 1. The Labute approximate surface area is 111 Å². The third-order valence-corrected chi connectivity index (χ3v) is 3.88. The van der Waals surface area contributed by atoms with Crippen LogP contribution in [0.5, 0.6) is 0 Å². The van der Waals surface area contributed by atoms with Gasteiger partial charge in [-0.05, 0) is 35.6 Å². The van der Waals surface area contributed by atoms with E-state index in [-0.39, 0.29) is 18.0 Å². The van der Waals surface area contributed by atoms with Crippen LogP contribution in [0.15, 0.2) is 33.4 Å². The minimum absolute atomic E-state index is 0.0371. The van der Waals surface area contributed by atoms with Crippen molar-refractivity contribution in [3.63, 3.8) is 0 Å². The number of aryl methyl sites for hydroxylation is 1. The minimum Gasteiger partial charge on any atom is -0.294 e. The Hall–Kier alpha value is -1.00. The lowest BCUT2D eigenvalue weighted by Crippen LogP contribution is -2.05. The Balaban J connectivity index is 2.22. The van der Waals surface area contributed by atoms with E-state index >= 15 is 0 Å². The summed E-state index contributed by atoms with van der Waals surface area (Å²) in [6.45, 7) is 1.89. The summed E-state index contributed by atoms with van der Waals surface area (Å²) in [7, 11) is 0. The molecule has 88 valence electrons. The summed E-state index contributed by atoms with van der Waals surface area (Å²) in [5.41, 5.74) is 2.08. The van der Waals surface area contributed by atoms with Crippen LogP contribution in [0.2, 0.25) is 0 Å². The van der Waals surface area contributed by atoms with E-state index in [9.17, 15) is 9.18 Å². The van der Waals surface area contributed by atoms with Crippen LogP contribution >= 0.6 is 27.3 Å². The average molecular weight is 313 g/mol. The normalized spacial score (nSPS) is 10.5. The van der Waals surface area contributed by atoms with Crippen LogP contribution in [-0.2, 0) is 6.42 Å². The van der Waals surface area contributed by atoms with Gasteiger partial charge in [0.25, 0.3) is 0 Å². The number of hydrogen-bond donors (Lipinski definition) is 0. The quantitative estimate of drug-likeness (QED) is 0.768. The lowest BCUT2D eigenvalue weighted by Gasteiger charge is -2.03. The molecule has 4 heteroatoms. The standard InChI is InChI=1S/C13H10BrFOS/c1-8-6-17-7-11(8)13(16)4-9-2-3-10(14)5-12(9)15/h2-3,5-7H,4H2,1H3. The van der Waals surface area contributed by atoms with Gasteiger partial charge in [0.1, 0.15) is 5.82 Å². The van der Waals surface area contributed by atoms with Gasteiger partial charge < -0.3 is 0 Å². The fourth-order valence-electron chi connectivity index (χ4n) is 1.58. The summed E-state index contributed by atoms with van der Waals surface area (Å²) in [5, 5.41) is 3.74. The fraction of sp³-hybridized carbons (Fsp3) is 0.154. The van der Waals surface area contributed by atoms with E-state index in [4.69, 9.17) is 0 Å². The third kappa shape index (κ3) is 2.82. The molecule has 1 aromatic heterocycles. The molecule has 17 heavy (non-hydrogen) atoms. The van der Waals surface area contributed by atoms with Crippen molar-refractivity contribution >= 4 is 33.0 Å². The lowest BCUT2D eigenvalue weighted by atomic mass is 10.0. The second kappa shape index (κ2) is 5.10. The molecule has 2 aromatic rings. The second-order valence-corrected chi connectivity index (χ2v) is 5.46. The third-order valence-electron chi connectivity index (χ3n) is 2.52. The number of rotatable bonds is 3. The molecule has 0 saturated heterocycles. The van der Waals surface area contributed by atoms with Crippen LogP contribution in [0.4, 0.5) is 4.39 Å². The van der Waals surface area contributed by atoms with Crippen molar-refractivity contribution in [2.75, 3.05) is 0 Å². The van der Waals surface area contributed by atoms with Crippen molar-refractivity contribution < 1.29 is 9.18 Å². The zero-order chi connectivity index (χ0) is 12.4. The SMILES string of the molecule is Cc1cscc1C(=O)Cc1ccc(Br)cc1F. The summed E-state index contributed by atoms with van der Waals surface area (Å²) in [5.74, 6) is -0.384. The molecular weight excluding hydrogens is 303 g/mol. The predicted molar refractivity (Wildman–Crippen MR) is 71.2 cm³/mol. The van der Waals surface area contributed by atoms with Crippen molar-refractivity contribution in [3.8, 4) is 0 Å². The maximum atomic E-state index is 13.6. The molecule has 0 fully saturated rings. The molecule has 1 nitrogen and oxygen atoms in total. The average Bonchev–Trinajstić information content (AvgIpc) is 2.68. The zero-order valence-corrected chi connectivity index (χ0v) is 11.6. The van der Waals surface area contributed by atoms with Gasteiger partial charge in [-0.1, -0.05) is 22.0 Å². The lowest BCUT2D eigenvalue weighted by molar-refractivity contribution is 0.0991. The molecule has 0 radical (unpaired) electrons. The van der Waals surface area contributed by atoms with E-state index < -0.39 is 0 Å². The highest BCUT2D eigenvalue weighted by atomic mass is 79.9. The number of benzene rings is 1. The van der Waals surface area contributed by atoms with Crippen molar-refractivity contribution in [1.82, 2.24) is 0 Å². The molecule has 1 heterocycles. The van der Waals surface area contributed by atoms with Crippen LogP contribution in [-0.4, -0.2) is 5.78 Å². The van der Waals surface area contributed by atoms with Gasteiger partial charge in [-0.3, -0.25) is 4.79 Å². The zero-order valence-electron chi connectivity index (χ0n) is 9.17. The number of hydrogen-bond acceptors (Lipinski definition) is 2. The first-order chi connectivity index (χ1) is 8.08. The van der Waals surface area contributed by atoms with Gasteiger partial charge >= 0.3 is 0 Å². The number of thiophene rings is 1. The number of halogens is 2. The predicted octanol–water partition coefficient (Wildman–Crippen LogP) is 4.38. The Kier molecular flexibility index (Phi) is 3.74. The maximum Gasteiger partial charge on any atom is 0.168 e. The van der Waals surface area contributed by atoms with Gasteiger partial charge in [-0.15, -0.1) is 0 Å². The van der Waals surface area contributed by atoms with Gasteiger partial charge in [0.05, 0.1) is 0 Å². The first-order valence-corrected chi connectivity index (χ1v) is 6.81. The minimum atomic E-state index is -0.347. The number of ketones is 1. The molecule has 0 atom stereocenters. The van der Waals surface area contributed by atoms with Gasteiger partial charge in [-0.2, -0.15) is 11.3 Å². The molecule has 0 aliphatic carbocycles. The summed E-state index contributed by atoms with van der Waals surface area (Å²) in [4.78, 5) is 12.0. The smallest absolute Gasteiger partial charge is 0.168 e. The van der Waals surface area contributed by atoms with E-state index in [2.05, 4.69) is 15.9 Å². The highest BCUT2D eigenvalue weighted by Crippen LogP contribution is 2.19. The number of carbonyl (C=O) groups excluding carboxylic acids is 1. The topological polar surface area (TPSA) is 17.1 Å². The van der Waals surface area contributed by atoms with Crippen molar-refractivity contribution in [2.45, 2.75) is 13.3 Å². The van der Waals surface area contributed by atoms with E-state index in [1.54, 1.807) is 12.1 Å². The van der Waals surface area contributed by atoms with Crippen LogP contribution in [0.1, 0.15) is 21.5 Å². The summed E-state index contributed by atoms with van der Waals surface area (Å²) in [6, 6.07) is 4.76. The van der Waals surface area contributed by atoms with Crippen LogP contribution in [0.3, 0.4) is 0 Å². The Morgan fingerprint density at radius 3 is 2.76 bits per heavy atom. The van der Waals surface area contributed by atoms with E-state index in [0.717, 1.165) is 5.56 Å². The summed E-state index contributed by atoms with van der Waals surface area (Å²) < 4.78 is 14.3. The van der Waals surface area contributed by atoms with E-state index in [1.807, 2.05) is 17.7 Å². The van der Waals surface area contributed by atoms with Gasteiger partial charge in [-0.25, -0.2) is 4.39 Å². The Bertz CT molecular complexity index is 562. The molecule has 0 aliphatic rings. The highest BCUT2D eigenvalue weighted by molar-refractivity contribution is 9.10. The molecule has 0 amide bonds. The molecule has 0 N–H and O–H groups in total. The van der Waals surface area contributed by atoms with E-state index in [1.165, 1.54) is 17.4 Å². The van der Waals surface area contributed by atoms with Gasteiger partial charge in [0.2, 0.25) is 0 Å². The molecule has 2 rings (SSSR count). The summed E-state index contributed by atoms with van der Waals surface area (Å²) in [6.07, 6.45) is 0.108. The molecule has 0 bridgehead atoms.